The standard InChI is InChI=1S/C12H21N5O3/c1-4-9(5-10(18)19)6-13-12(20)15-8(2)11-16-14-7-17(11)3/h7-9H,4-6H2,1-3H3,(H,18,19)(H2,13,15,20). The molecule has 0 aliphatic heterocycles. The third kappa shape index (κ3) is 4.87. The molecule has 3 N–H and O–H groups in total. The number of urea groups is 1. The van der Waals surface area contributed by atoms with Gasteiger partial charge in [-0.15, -0.1) is 10.2 Å². The van der Waals surface area contributed by atoms with Crippen LogP contribution in [0, 0.1) is 5.92 Å². The van der Waals surface area contributed by atoms with Crippen LogP contribution in [0.4, 0.5) is 4.79 Å². The van der Waals surface area contributed by atoms with Crippen LogP contribution in [0.15, 0.2) is 6.33 Å². The summed E-state index contributed by atoms with van der Waals surface area (Å²) in [5, 5.41) is 21.8. The molecule has 8 heteroatoms. The Morgan fingerprint density at radius 2 is 2.20 bits per heavy atom. The number of aryl methyl sites for hydroxylation is 1. The Hall–Kier alpha value is -2.12. The number of carbonyl (C=O) groups excluding carboxylic acids is 1. The predicted molar refractivity (Wildman–Crippen MR) is 72.0 cm³/mol. The topological polar surface area (TPSA) is 109 Å². The van der Waals surface area contributed by atoms with Crippen LogP contribution in [0.1, 0.15) is 38.6 Å². The van der Waals surface area contributed by atoms with Crippen LogP contribution in [0.25, 0.3) is 0 Å². The Morgan fingerprint density at radius 1 is 1.50 bits per heavy atom. The number of nitrogens with one attached hydrogen (secondary N) is 2. The SMILES string of the molecule is CCC(CNC(=O)NC(C)c1nncn1C)CC(=O)O. The van der Waals surface area contributed by atoms with Gasteiger partial charge in [-0.2, -0.15) is 0 Å². The summed E-state index contributed by atoms with van der Waals surface area (Å²) >= 11 is 0. The van der Waals surface area contributed by atoms with Gasteiger partial charge in [0, 0.05) is 20.0 Å². The van der Waals surface area contributed by atoms with Crippen molar-refractivity contribution in [3.8, 4) is 0 Å². The molecule has 8 nitrogen and oxygen atoms in total. The molecule has 0 fully saturated rings. The van der Waals surface area contributed by atoms with Crippen molar-refractivity contribution in [2.75, 3.05) is 6.54 Å². The molecule has 1 aromatic heterocycles. The van der Waals surface area contributed by atoms with Crippen LogP contribution in [-0.2, 0) is 11.8 Å². The zero-order valence-corrected chi connectivity index (χ0v) is 12.0. The van der Waals surface area contributed by atoms with Gasteiger partial charge in [-0.1, -0.05) is 13.3 Å². The molecule has 0 radical (unpaired) electrons. The van der Waals surface area contributed by atoms with E-state index in [1.807, 2.05) is 6.92 Å². The largest absolute Gasteiger partial charge is 0.481 e. The molecule has 0 aliphatic rings. The lowest BCUT2D eigenvalue weighted by molar-refractivity contribution is -0.138. The first-order chi connectivity index (χ1) is 9.43. The predicted octanol–water partition coefficient (Wildman–Crippen LogP) is 0.676. The van der Waals surface area contributed by atoms with Crippen molar-refractivity contribution in [2.45, 2.75) is 32.7 Å². The molecule has 0 bridgehead atoms. The third-order valence-electron chi connectivity index (χ3n) is 3.07. The third-order valence-corrected chi connectivity index (χ3v) is 3.07. The van der Waals surface area contributed by atoms with Gasteiger partial charge in [-0.3, -0.25) is 4.79 Å². The lowest BCUT2D eigenvalue weighted by atomic mass is 10.0. The average molecular weight is 283 g/mol. The van der Waals surface area contributed by atoms with Gasteiger partial charge in [0.2, 0.25) is 0 Å². The van der Waals surface area contributed by atoms with Gasteiger partial charge in [0.25, 0.3) is 0 Å². The van der Waals surface area contributed by atoms with Crippen molar-refractivity contribution < 1.29 is 14.7 Å². The fourth-order valence-electron chi connectivity index (χ4n) is 1.84. The number of carboxylic acids is 1. The van der Waals surface area contributed by atoms with E-state index in [0.29, 0.717) is 18.8 Å². The van der Waals surface area contributed by atoms with Crippen molar-refractivity contribution in [3.63, 3.8) is 0 Å². The van der Waals surface area contributed by atoms with E-state index in [4.69, 9.17) is 5.11 Å². The Labute approximate surface area is 117 Å². The van der Waals surface area contributed by atoms with E-state index in [-0.39, 0.29) is 24.4 Å². The first-order valence-corrected chi connectivity index (χ1v) is 6.54. The Balaban J connectivity index is 2.40. The van der Waals surface area contributed by atoms with E-state index < -0.39 is 5.97 Å². The summed E-state index contributed by atoms with van der Waals surface area (Å²) < 4.78 is 1.73. The van der Waals surface area contributed by atoms with Gasteiger partial charge >= 0.3 is 12.0 Å². The average Bonchev–Trinajstić information content (AvgIpc) is 2.80. The van der Waals surface area contributed by atoms with Crippen LogP contribution in [0.2, 0.25) is 0 Å². The molecule has 20 heavy (non-hydrogen) atoms. The molecule has 0 saturated carbocycles. The molecule has 112 valence electrons. The molecule has 0 aliphatic carbocycles. The second-order valence-electron chi connectivity index (χ2n) is 4.75. The summed E-state index contributed by atoms with van der Waals surface area (Å²) in [5.74, 6) is -0.271. The maximum absolute atomic E-state index is 11.7. The lowest BCUT2D eigenvalue weighted by Crippen LogP contribution is -2.40. The Bertz CT molecular complexity index is 460. The number of hydrogen-bond donors (Lipinski definition) is 3. The highest BCUT2D eigenvalue weighted by Crippen LogP contribution is 2.08. The van der Waals surface area contributed by atoms with Crippen molar-refractivity contribution in [1.82, 2.24) is 25.4 Å². The molecule has 0 saturated heterocycles. The summed E-state index contributed by atoms with van der Waals surface area (Å²) in [5.41, 5.74) is 0. The molecular weight excluding hydrogens is 262 g/mol. The van der Waals surface area contributed by atoms with Gasteiger partial charge in [-0.05, 0) is 12.8 Å². The summed E-state index contributed by atoms with van der Waals surface area (Å²) in [6.45, 7) is 4.04. The van der Waals surface area contributed by atoms with Gasteiger partial charge < -0.3 is 20.3 Å². The lowest BCUT2D eigenvalue weighted by Gasteiger charge is -2.16. The molecule has 2 atom stereocenters. The number of amides is 2. The highest BCUT2D eigenvalue weighted by atomic mass is 16.4. The van der Waals surface area contributed by atoms with Crippen molar-refractivity contribution in [1.29, 1.82) is 0 Å². The summed E-state index contributed by atoms with van der Waals surface area (Å²) in [4.78, 5) is 22.4. The molecule has 2 unspecified atom stereocenters. The number of nitrogens with zero attached hydrogens (tertiary/aromatic N) is 3. The van der Waals surface area contributed by atoms with E-state index in [9.17, 15) is 9.59 Å². The van der Waals surface area contributed by atoms with Gasteiger partial charge in [-0.25, -0.2) is 4.79 Å². The minimum atomic E-state index is -0.855. The first-order valence-electron chi connectivity index (χ1n) is 6.54. The number of carbonyl (C=O) groups is 2. The summed E-state index contributed by atoms with van der Waals surface area (Å²) in [6, 6.07) is -0.619. The van der Waals surface area contributed by atoms with E-state index in [1.54, 1.807) is 24.9 Å². The Morgan fingerprint density at radius 3 is 2.70 bits per heavy atom. The Kier molecular flexibility index (Phi) is 5.95. The number of carboxylic acid groups (broad SMARTS) is 1. The van der Waals surface area contributed by atoms with Crippen LogP contribution < -0.4 is 10.6 Å². The second kappa shape index (κ2) is 7.46. The molecule has 0 spiro atoms. The fourth-order valence-corrected chi connectivity index (χ4v) is 1.84. The minimum Gasteiger partial charge on any atom is -0.481 e. The monoisotopic (exact) mass is 283 g/mol. The summed E-state index contributed by atoms with van der Waals surface area (Å²) in [6.07, 6.45) is 2.31. The molecule has 1 aromatic rings. The van der Waals surface area contributed by atoms with Crippen LogP contribution in [-0.4, -0.2) is 38.4 Å². The fraction of sp³-hybridized carbons (Fsp3) is 0.667. The number of hydrogen-bond acceptors (Lipinski definition) is 4. The zero-order valence-electron chi connectivity index (χ0n) is 12.0. The molecule has 0 aromatic carbocycles. The van der Waals surface area contributed by atoms with Gasteiger partial charge in [0.1, 0.15) is 6.33 Å². The maximum atomic E-state index is 11.7. The van der Waals surface area contributed by atoms with E-state index >= 15 is 0 Å². The zero-order chi connectivity index (χ0) is 15.1. The maximum Gasteiger partial charge on any atom is 0.315 e. The van der Waals surface area contributed by atoms with Crippen molar-refractivity contribution >= 4 is 12.0 Å². The molecule has 1 rings (SSSR count). The van der Waals surface area contributed by atoms with Crippen LogP contribution in [0.3, 0.4) is 0 Å². The summed E-state index contributed by atoms with van der Waals surface area (Å²) in [7, 11) is 1.80. The molecule has 1 heterocycles. The van der Waals surface area contributed by atoms with E-state index in [2.05, 4.69) is 20.8 Å². The van der Waals surface area contributed by atoms with E-state index in [0.717, 1.165) is 0 Å². The molecular formula is C12H21N5O3. The smallest absolute Gasteiger partial charge is 0.315 e. The second-order valence-corrected chi connectivity index (χ2v) is 4.75. The highest BCUT2D eigenvalue weighted by molar-refractivity contribution is 5.74. The van der Waals surface area contributed by atoms with Gasteiger partial charge in [0.15, 0.2) is 5.82 Å². The minimum absolute atomic E-state index is 0.0512. The normalized spacial score (nSPS) is 13.6. The van der Waals surface area contributed by atoms with Crippen LogP contribution >= 0.6 is 0 Å². The molecule has 2 amide bonds. The quantitative estimate of drug-likeness (QED) is 0.681. The highest BCUT2D eigenvalue weighted by Gasteiger charge is 2.16. The van der Waals surface area contributed by atoms with Crippen LogP contribution in [0.5, 0.6) is 0 Å². The van der Waals surface area contributed by atoms with Crippen molar-refractivity contribution in [2.24, 2.45) is 13.0 Å². The first kappa shape index (κ1) is 15.9. The van der Waals surface area contributed by atoms with Gasteiger partial charge in [0.05, 0.1) is 6.04 Å². The van der Waals surface area contributed by atoms with Crippen molar-refractivity contribution in [3.05, 3.63) is 12.2 Å². The number of rotatable bonds is 7. The van der Waals surface area contributed by atoms with E-state index in [1.165, 1.54) is 0 Å². The number of aromatic nitrogens is 3. The number of aliphatic carboxylic acids is 1.